The molecular formula is C17H21N5O3. The van der Waals surface area contributed by atoms with E-state index in [2.05, 4.69) is 20.8 Å². The molecule has 25 heavy (non-hydrogen) atoms. The monoisotopic (exact) mass is 343 g/mol. The van der Waals surface area contributed by atoms with Crippen LogP contribution in [0, 0.1) is 11.8 Å². The van der Waals surface area contributed by atoms with Gasteiger partial charge in [-0.1, -0.05) is 12.1 Å². The number of carboxylic acids is 1. The van der Waals surface area contributed by atoms with Gasteiger partial charge >= 0.3 is 5.97 Å². The van der Waals surface area contributed by atoms with Crippen molar-refractivity contribution in [3.05, 3.63) is 24.3 Å². The highest BCUT2D eigenvalue weighted by molar-refractivity contribution is 5.93. The minimum absolute atomic E-state index is 0.0592. The summed E-state index contributed by atoms with van der Waals surface area (Å²) in [4.78, 5) is 23.5. The molecule has 2 aromatic rings. The van der Waals surface area contributed by atoms with E-state index in [0.29, 0.717) is 43.7 Å². The molecule has 0 saturated heterocycles. The molecule has 1 aliphatic carbocycles. The number of amides is 1. The summed E-state index contributed by atoms with van der Waals surface area (Å²) in [7, 11) is 0. The standard InChI is InChI=1S/C17H21N5O3/c1-2-22-15(19-20-21-22)13-4-3-5-14(10-13)18-16(23)11-6-8-12(9-7-11)17(24)25/h3-5,10-12H,2,6-9H2,1H3,(H,18,23)(H,24,25). The molecule has 1 saturated carbocycles. The largest absolute Gasteiger partial charge is 0.481 e. The minimum Gasteiger partial charge on any atom is -0.481 e. The van der Waals surface area contributed by atoms with E-state index in [4.69, 9.17) is 5.11 Å². The number of aromatic nitrogens is 4. The van der Waals surface area contributed by atoms with Crippen LogP contribution in [0.15, 0.2) is 24.3 Å². The van der Waals surface area contributed by atoms with Gasteiger partial charge in [0, 0.05) is 23.7 Å². The number of carbonyl (C=O) groups is 2. The Morgan fingerprint density at radius 1 is 1.24 bits per heavy atom. The lowest BCUT2D eigenvalue weighted by atomic mass is 9.81. The van der Waals surface area contributed by atoms with Gasteiger partial charge in [0.25, 0.3) is 0 Å². The molecule has 1 fully saturated rings. The molecule has 1 heterocycles. The molecule has 0 unspecified atom stereocenters. The van der Waals surface area contributed by atoms with Gasteiger partial charge in [-0.2, -0.15) is 0 Å². The number of hydrogen-bond acceptors (Lipinski definition) is 5. The second-order valence-corrected chi connectivity index (χ2v) is 6.28. The molecule has 2 N–H and O–H groups in total. The lowest BCUT2D eigenvalue weighted by molar-refractivity contribution is -0.143. The lowest BCUT2D eigenvalue weighted by Crippen LogP contribution is -2.29. The molecule has 0 bridgehead atoms. The van der Waals surface area contributed by atoms with Gasteiger partial charge < -0.3 is 10.4 Å². The summed E-state index contributed by atoms with van der Waals surface area (Å²) in [6.07, 6.45) is 2.32. The van der Waals surface area contributed by atoms with Crippen LogP contribution in [0.1, 0.15) is 32.6 Å². The number of benzene rings is 1. The quantitative estimate of drug-likeness (QED) is 0.861. The van der Waals surface area contributed by atoms with Crippen molar-refractivity contribution >= 4 is 17.6 Å². The number of nitrogens with zero attached hydrogens (tertiary/aromatic N) is 4. The zero-order valence-corrected chi connectivity index (χ0v) is 14.1. The molecule has 132 valence electrons. The first-order valence-electron chi connectivity index (χ1n) is 8.48. The summed E-state index contributed by atoms with van der Waals surface area (Å²) in [5, 5.41) is 23.6. The van der Waals surface area contributed by atoms with Crippen LogP contribution >= 0.6 is 0 Å². The topological polar surface area (TPSA) is 110 Å². The second-order valence-electron chi connectivity index (χ2n) is 6.28. The van der Waals surface area contributed by atoms with Gasteiger partial charge in [-0.3, -0.25) is 9.59 Å². The Morgan fingerprint density at radius 2 is 1.96 bits per heavy atom. The summed E-state index contributed by atoms with van der Waals surface area (Å²) in [5.74, 6) is -0.627. The van der Waals surface area contributed by atoms with Crippen LogP contribution in [0.5, 0.6) is 0 Å². The maximum atomic E-state index is 12.5. The van der Waals surface area contributed by atoms with E-state index >= 15 is 0 Å². The molecule has 0 spiro atoms. The van der Waals surface area contributed by atoms with Crippen molar-refractivity contribution in [1.82, 2.24) is 20.2 Å². The van der Waals surface area contributed by atoms with Gasteiger partial charge in [-0.25, -0.2) is 4.68 Å². The fourth-order valence-electron chi connectivity index (χ4n) is 3.21. The van der Waals surface area contributed by atoms with Crippen LogP contribution in [-0.2, 0) is 16.1 Å². The summed E-state index contributed by atoms with van der Waals surface area (Å²) in [6, 6.07) is 7.41. The van der Waals surface area contributed by atoms with Gasteiger partial charge in [0.2, 0.25) is 5.91 Å². The third-order valence-corrected chi connectivity index (χ3v) is 4.67. The van der Waals surface area contributed by atoms with Crippen molar-refractivity contribution < 1.29 is 14.7 Å². The van der Waals surface area contributed by atoms with Crippen LogP contribution in [0.4, 0.5) is 5.69 Å². The third-order valence-electron chi connectivity index (χ3n) is 4.67. The molecule has 8 heteroatoms. The van der Waals surface area contributed by atoms with Crippen molar-refractivity contribution in [1.29, 1.82) is 0 Å². The van der Waals surface area contributed by atoms with Gasteiger partial charge in [0.15, 0.2) is 5.82 Å². The highest BCUT2D eigenvalue weighted by Gasteiger charge is 2.29. The minimum atomic E-state index is -0.764. The number of carboxylic acid groups (broad SMARTS) is 1. The van der Waals surface area contributed by atoms with Gasteiger partial charge in [-0.15, -0.1) is 5.10 Å². The molecule has 3 rings (SSSR count). The summed E-state index contributed by atoms with van der Waals surface area (Å²) in [6.45, 7) is 2.62. The number of aryl methyl sites for hydroxylation is 1. The second kappa shape index (κ2) is 7.42. The lowest BCUT2D eigenvalue weighted by Gasteiger charge is -2.25. The molecule has 1 aliphatic rings. The summed E-state index contributed by atoms with van der Waals surface area (Å²) in [5.41, 5.74) is 1.52. The fourth-order valence-corrected chi connectivity index (χ4v) is 3.21. The van der Waals surface area contributed by atoms with E-state index in [1.165, 1.54) is 0 Å². The van der Waals surface area contributed by atoms with E-state index in [9.17, 15) is 9.59 Å². The number of anilines is 1. The Hall–Kier alpha value is -2.77. The van der Waals surface area contributed by atoms with E-state index in [1.54, 1.807) is 4.68 Å². The smallest absolute Gasteiger partial charge is 0.306 e. The molecular weight excluding hydrogens is 322 g/mol. The summed E-state index contributed by atoms with van der Waals surface area (Å²) < 4.78 is 1.69. The zero-order chi connectivity index (χ0) is 17.8. The Morgan fingerprint density at radius 3 is 2.64 bits per heavy atom. The number of nitrogens with one attached hydrogen (secondary N) is 1. The third kappa shape index (κ3) is 3.84. The number of aliphatic carboxylic acids is 1. The first kappa shape index (κ1) is 17.1. The first-order valence-corrected chi connectivity index (χ1v) is 8.48. The maximum Gasteiger partial charge on any atom is 0.306 e. The van der Waals surface area contributed by atoms with E-state index in [1.807, 2.05) is 31.2 Å². The summed E-state index contributed by atoms with van der Waals surface area (Å²) >= 11 is 0. The molecule has 0 aliphatic heterocycles. The molecule has 1 aromatic heterocycles. The number of carbonyl (C=O) groups excluding carboxylic acids is 1. The van der Waals surface area contributed by atoms with Crippen molar-refractivity contribution in [2.75, 3.05) is 5.32 Å². The van der Waals surface area contributed by atoms with E-state index in [0.717, 1.165) is 5.56 Å². The van der Waals surface area contributed by atoms with Crippen LogP contribution < -0.4 is 5.32 Å². The average molecular weight is 343 g/mol. The predicted octanol–water partition coefficient (Wildman–Crippen LogP) is 2.19. The van der Waals surface area contributed by atoms with Crippen LogP contribution in [-0.4, -0.2) is 37.2 Å². The molecule has 1 aromatic carbocycles. The Kier molecular flexibility index (Phi) is 5.06. The fraction of sp³-hybridized carbons (Fsp3) is 0.471. The average Bonchev–Trinajstić information content (AvgIpc) is 3.11. The SMILES string of the molecule is CCn1nnnc1-c1cccc(NC(=O)C2CCC(C(=O)O)CC2)c1. The number of hydrogen-bond donors (Lipinski definition) is 2. The Balaban J connectivity index is 1.66. The normalized spacial score (nSPS) is 20.2. The van der Waals surface area contributed by atoms with E-state index in [-0.39, 0.29) is 17.7 Å². The van der Waals surface area contributed by atoms with Crippen molar-refractivity contribution in [2.45, 2.75) is 39.2 Å². The van der Waals surface area contributed by atoms with Crippen molar-refractivity contribution in [3.63, 3.8) is 0 Å². The predicted molar refractivity (Wildman–Crippen MR) is 90.6 cm³/mol. The Bertz CT molecular complexity index is 765. The molecule has 0 radical (unpaired) electrons. The van der Waals surface area contributed by atoms with Crippen molar-refractivity contribution in [2.24, 2.45) is 11.8 Å². The van der Waals surface area contributed by atoms with Crippen molar-refractivity contribution in [3.8, 4) is 11.4 Å². The highest BCUT2D eigenvalue weighted by atomic mass is 16.4. The van der Waals surface area contributed by atoms with Gasteiger partial charge in [0.05, 0.1) is 5.92 Å². The number of tetrazole rings is 1. The first-order chi connectivity index (χ1) is 12.1. The van der Waals surface area contributed by atoms with E-state index < -0.39 is 5.97 Å². The maximum absolute atomic E-state index is 12.5. The molecule has 0 atom stereocenters. The Labute approximate surface area is 145 Å². The number of rotatable bonds is 5. The highest BCUT2D eigenvalue weighted by Crippen LogP contribution is 2.30. The molecule has 1 amide bonds. The zero-order valence-electron chi connectivity index (χ0n) is 14.1. The van der Waals surface area contributed by atoms with Crippen LogP contribution in [0.2, 0.25) is 0 Å². The molecule has 8 nitrogen and oxygen atoms in total. The van der Waals surface area contributed by atoms with Crippen LogP contribution in [0.3, 0.4) is 0 Å². The van der Waals surface area contributed by atoms with Crippen LogP contribution in [0.25, 0.3) is 11.4 Å². The van der Waals surface area contributed by atoms with Gasteiger partial charge in [0.1, 0.15) is 0 Å². The van der Waals surface area contributed by atoms with Gasteiger partial charge in [-0.05, 0) is 55.2 Å².